The van der Waals surface area contributed by atoms with Gasteiger partial charge >= 0.3 is 0 Å². The molecule has 3 aliphatic rings. The first-order valence-electron chi connectivity index (χ1n) is 23.2. The van der Waals surface area contributed by atoms with E-state index in [1.54, 1.807) is 0 Å². The van der Waals surface area contributed by atoms with Gasteiger partial charge in [0.2, 0.25) is 0 Å². The first-order chi connectivity index (χ1) is 33.0. The fourth-order valence-corrected chi connectivity index (χ4v) is 12.1. The maximum atomic E-state index is 6.81. The SMILES string of the molecule is CC1(C)c2ccccc2-c2ccc(N(c3ccccc3)c3ccc(-c4ccc(-c5cccc6c5oc5ccccc56)c5c4C4(c6ccccc6Oc6ccccc64)c4ccccc4-5)cc3)cc21. The second-order valence-electron chi connectivity index (χ2n) is 18.7. The van der Waals surface area contributed by atoms with Crippen LogP contribution in [0.1, 0.15) is 47.2 Å². The Kier molecular flexibility index (Phi) is 7.95. The van der Waals surface area contributed by atoms with E-state index in [0.29, 0.717) is 0 Å². The minimum atomic E-state index is -0.686. The molecule has 3 heteroatoms. The summed E-state index contributed by atoms with van der Waals surface area (Å²) in [5, 5.41) is 2.24. The van der Waals surface area contributed by atoms with Crippen molar-refractivity contribution in [3.63, 3.8) is 0 Å². The summed E-state index contributed by atoms with van der Waals surface area (Å²) >= 11 is 0. The fourth-order valence-electron chi connectivity index (χ4n) is 12.1. The molecule has 0 radical (unpaired) electrons. The second-order valence-corrected chi connectivity index (χ2v) is 18.7. The topological polar surface area (TPSA) is 25.6 Å². The van der Waals surface area contributed by atoms with Crippen molar-refractivity contribution in [2.45, 2.75) is 24.7 Å². The van der Waals surface area contributed by atoms with Crippen molar-refractivity contribution in [3.8, 4) is 56.0 Å². The molecule has 0 N–H and O–H groups in total. The molecule has 0 amide bonds. The summed E-state index contributed by atoms with van der Waals surface area (Å²) in [4.78, 5) is 2.40. The number of anilines is 3. The number of hydrogen-bond acceptors (Lipinski definition) is 3. The Morgan fingerprint density at radius 3 is 1.70 bits per heavy atom. The van der Waals surface area contributed by atoms with Gasteiger partial charge in [0.1, 0.15) is 22.7 Å². The Morgan fingerprint density at radius 2 is 0.925 bits per heavy atom. The van der Waals surface area contributed by atoms with Gasteiger partial charge in [0.15, 0.2) is 0 Å². The van der Waals surface area contributed by atoms with Gasteiger partial charge in [-0.05, 0) is 116 Å². The van der Waals surface area contributed by atoms with Crippen molar-refractivity contribution in [2.75, 3.05) is 4.90 Å². The summed E-state index contributed by atoms with van der Waals surface area (Å²) in [5.41, 5.74) is 21.4. The number of fused-ring (bicyclic) bond motifs is 15. The van der Waals surface area contributed by atoms with Crippen LogP contribution in [0.5, 0.6) is 11.5 Å². The van der Waals surface area contributed by atoms with Gasteiger partial charge in [0, 0.05) is 49.9 Å². The van der Waals surface area contributed by atoms with Gasteiger partial charge < -0.3 is 14.1 Å². The van der Waals surface area contributed by atoms with Gasteiger partial charge in [-0.25, -0.2) is 0 Å². The lowest BCUT2D eigenvalue weighted by Crippen LogP contribution is -2.32. The molecule has 0 fully saturated rings. The normalized spacial score (nSPS) is 14.2. The molecule has 0 atom stereocenters. The molecule has 11 aromatic rings. The van der Waals surface area contributed by atoms with Crippen molar-refractivity contribution >= 4 is 39.0 Å². The maximum Gasteiger partial charge on any atom is 0.143 e. The van der Waals surface area contributed by atoms with Gasteiger partial charge in [-0.1, -0.05) is 184 Å². The number of ether oxygens (including phenoxy) is 1. The van der Waals surface area contributed by atoms with Crippen molar-refractivity contribution in [2.24, 2.45) is 0 Å². The second kappa shape index (κ2) is 14.1. The zero-order valence-electron chi connectivity index (χ0n) is 37.1. The van der Waals surface area contributed by atoms with Crippen LogP contribution in [-0.4, -0.2) is 0 Å². The summed E-state index contributed by atoms with van der Waals surface area (Å²) in [7, 11) is 0. The highest BCUT2D eigenvalue weighted by Gasteiger charge is 2.53. The Morgan fingerprint density at radius 1 is 0.373 bits per heavy atom. The molecule has 2 aliphatic carbocycles. The highest BCUT2D eigenvalue weighted by molar-refractivity contribution is 6.12. The van der Waals surface area contributed by atoms with E-state index in [2.05, 4.69) is 237 Å². The molecule has 1 aromatic heterocycles. The van der Waals surface area contributed by atoms with Crippen LogP contribution in [0, 0.1) is 0 Å². The lowest BCUT2D eigenvalue weighted by molar-refractivity contribution is 0.436. The van der Waals surface area contributed by atoms with E-state index >= 15 is 0 Å². The number of hydrogen-bond donors (Lipinski definition) is 0. The number of benzene rings is 10. The zero-order chi connectivity index (χ0) is 44.4. The largest absolute Gasteiger partial charge is 0.457 e. The van der Waals surface area contributed by atoms with Crippen LogP contribution < -0.4 is 9.64 Å². The molecule has 0 saturated carbocycles. The summed E-state index contributed by atoms with van der Waals surface area (Å²) < 4.78 is 13.6. The third-order valence-corrected chi connectivity index (χ3v) is 15.0. The molecule has 0 bridgehead atoms. The van der Waals surface area contributed by atoms with Crippen LogP contribution in [0.2, 0.25) is 0 Å². The average molecular weight is 858 g/mol. The number of rotatable bonds is 5. The van der Waals surface area contributed by atoms with E-state index < -0.39 is 5.41 Å². The predicted octanol–water partition coefficient (Wildman–Crippen LogP) is 17.2. The molecule has 10 aromatic carbocycles. The molecule has 2 heterocycles. The molecular formula is C64H43NO2. The smallest absolute Gasteiger partial charge is 0.143 e. The van der Waals surface area contributed by atoms with E-state index in [4.69, 9.17) is 9.15 Å². The van der Waals surface area contributed by atoms with Crippen LogP contribution in [0.4, 0.5) is 17.1 Å². The van der Waals surface area contributed by atoms with Gasteiger partial charge in [0.05, 0.1) is 5.41 Å². The van der Waals surface area contributed by atoms with Gasteiger partial charge in [-0.15, -0.1) is 0 Å². The minimum absolute atomic E-state index is 0.119. The van der Waals surface area contributed by atoms with Gasteiger partial charge in [-0.2, -0.15) is 0 Å². The van der Waals surface area contributed by atoms with E-state index in [0.717, 1.165) is 78.3 Å². The number of para-hydroxylation sites is 5. The van der Waals surface area contributed by atoms with Gasteiger partial charge in [0.25, 0.3) is 0 Å². The molecule has 14 rings (SSSR count). The molecule has 1 spiro atoms. The molecule has 3 nitrogen and oxygen atoms in total. The Hall–Kier alpha value is -8.40. The molecule has 67 heavy (non-hydrogen) atoms. The first-order valence-corrected chi connectivity index (χ1v) is 23.2. The van der Waals surface area contributed by atoms with E-state index in [-0.39, 0.29) is 5.41 Å². The van der Waals surface area contributed by atoms with Crippen LogP contribution in [0.25, 0.3) is 66.4 Å². The third-order valence-electron chi connectivity index (χ3n) is 15.0. The predicted molar refractivity (Wildman–Crippen MR) is 274 cm³/mol. The Labute approximate surface area is 389 Å². The quantitative estimate of drug-likeness (QED) is 0.172. The van der Waals surface area contributed by atoms with Crippen molar-refractivity contribution in [1.82, 2.24) is 0 Å². The standard InChI is InChI=1S/C64H43NO2/c1-63(2)52-24-9-6-19-45(52)46-36-35-43(39-56(46)63)65(41-17-4-3-5-18-41)42-33-31-40(32-34-42)44-37-38-48(50-23-16-22-49-47-20-8-13-28-57(47)67-62(49)50)60-51-21-7-10-25-53(51)64(61(44)60)54-26-11-14-29-58(54)66-59-30-15-12-27-55(59)64/h3-39H,1-2H3. The monoisotopic (exact) mass is 857 g/mol. The zero-order valence-corrected chi connectivity index (χ0v) is 37.1. The summed E-state index contributed by atoms with van der Waals surface area (Å²) in [6, 6.07) is 81.8. The summed E-state index contributed by atoms with van der Waals surface area (Å²) in [6.07, 6.45) is 0. The van der Waals surface area contributed by atoms with Crippen LogP contribution in [0.15, 0.2) is 229 Å². The average Bonchev–Trinajstić information content (AvgIpc) is 3.99. The fraction of sp³-hybridized carbons (Fsp3) is 0.0625. The van der Waals surface area contributed by atoms with Crippen LogP contribution in [-0.2, 0) is 10.8 Å². The Balaban J connectivity index is 1.01. The van der Waals surface area contributed by atoms with E-state index in [1.807, 2.05) is 6.07 Å². The molecular weight excluding hydrogens is 815 g/mol. The van der Waals surface area contributed by atoms with Crippen molar-refractivity contribution < 1.29 is 9.15 Å². The van der Waals surface area contributed by atoms with Crippen LogP contribution in [0.3, 0.4) is 0 Å². The lowest BCUT2D eigenvalue weighted by atomic mass is 9.64. The summed E-state index contributed by atoms with van der Waals surface area (Å²) in [5.74, 6) is 1.74. The van der Waals surface area contributed by atoms with E-state index in [9.17, 15) is 0 Å². The highest BCUT2D eigenvalue weighted by atomic mass is 16.5. The number of furan rings is 1. The maximum absolute atomic E-state index is 6.81. The summed E-state index contributed by atoms with van der Waals surface area (Å²) in [6.45, 7) is 4.70. The number of nitrogens with zero attached hydrogens (tertiary/aromatic N) is 1. The molecule has 1 aliphatic heterocycles. The molecule has 316 valence electrons. The van der Waals surface area contributed by atoms with Crippen molar-refractivity contribution in [3.05, 3.63) is 258 Å². The van der Waals surface area contributed by atoms with E-state index in [1.165, 1.54) is 50.1 Å². The lowest BCUT2D eigenvalue weighted by Gasteiger charge is -2.40. The first kappa shape index (κ1) is 37.9. The van der Waals surface area contributed by atoms with Crippen LogP contribution >= 0.6 is 0 Å². The third kappa shape index (κ3) is 5.23. The highest BCUT2D eigenvalue weighted by Crippen LogP contribution is 2.65. The van der Waals surface area contributed by atoms with Gasteiger partial charge in [-0.3, -0.25) is 0 Å². The minimum Gasteiger partial charge on any atom is -0.457 e. The molecule has 0 saturated heterocycles. The Bertz CT molecular complexity index is 3770. The van der Waals surface area contributed by atoms with Crippen molar-refractivity contribution in [1.29, 1.82) is 0 Å². The molecule has 0 unspecified atom stereocenters.